The van der Waals surface area contributed by atoms with Crippen LogP contribution < -0.4 is 0 Å². The van der Waals surface area contributed by atoms with Crippen molar-refractivity contribution in [1.29, 1.82) is 0 Å². The lowest BCUT2D eigenvalue weighted by Gasteiger charge is -2.18. The molecule has 0 radical (unpaired) electrons. The Hall–Kier alpha value is -1.59. The Bertz CT molecular complexity index is 719. The van der Waals surface area contributed by atoms with E-state index in [1.165, 1.54) is 83.5 Å². The molecule has 0 aliphatic heterocycles. The first-order chi connectivity index (χ1) is 22.1. The molecule has 0 aromatic heterocycles. The molecule has 0 spiro atoms. The zero-order chi connectivity index (χ0) is 34.3. The Balaban J connectivity index is 4.39. The van der Waals surface area contributed by atoms with Crippen LogP contribution in [0.2, 0.25) is 0 Å². The van der Waals surface area contributed by atoms with Gasteiger partial charge in [0, 0.05) is 19.3 Å². The second-order valence-electron chi connectivity index (χ2n) is 14.8. The molecular formula is C40H76O6. The van der Waals surface area contributed by atoms with Gasteiger partial charge in [0.25, 0.3) is 0 Å². The van der Waals surface area contributed by atoms with Gasteiger partial charge in [-0.2, -0.15) is 0 Å². The van der Waals surface area contributed by atoms with E-state index in [1.54, 1.807) is 0 Å². The van der Waals surface area contributed by atoms with Gasteiger partial charge in [-0.3, -0.25) is 14.4 Å². The van der Waals surface area contributed by atoms with Crippen LogP contribution in [0.1, 0.15) is 202 Å². The van der Waals surface area contributed by atoms with Crippen molar-refractivity contribution in [1.82, 2.24) is 0 Å². The van der Waals surface area contributed by atoms with Gasteiger partial charge in [-0.1, -0.05) is 164 Å². The monoisotopic (exact) mass is 653 g/mol. The highest BCUT2D eigenvalue weighted by atomic mass is 16.6. The maximum Gasteiger partial charge on any atom is 0.306 e. The van der Waals surface area contributed by atoms with E-state index in [-0.39, 0.29) is 31.1 Å². The van der Waals surface area contributed by atoms with Crippen LogP contribution in [0.3, 0.4) is 0 Å². The average Bonchev–Trinajstić information content (AvgIpc) is 3.01. The van der Waals surface area contributed by atoms with Gasteiger partial charge in [-0.25, -0.2) is 0 Å². The van der Waals surface area contributed by atoms with Crippen molar-refractivity contribution in [3.8, 4) is 0 Å². The Labute approximate surface area is 285 Å². The Morgan fingerprint density at radius 3 is 1.13 bits per heavy atom. The standard InChI is InChI=1S/C40H76O6/c1-7-36(6)28-22-16-10-13-18-24-30-39(42)45-33-37(46-40(43)31-25-19-12-9-15-21-27-35(4)5)32-44-38(41)29-23-17-11-8-14-20-26-34(2)3/h34-37H,7-33H2,1-6H3/t36?,37-/m1/s1. The van der Waals surface area contributed by atoms with Gasteiger partial charge in [0.05, 0.1) is 0 Å². The van der Waals surface area contributed by atoms with Gasteiger partial charge < -0.3 is 14.2 Å². The second-order valence-corrected chi connectivity index (χ2v) is 14.8. The lowest BCUT2D eigenvalue weighted by Crippen LogP contribution is -2.30. The third-order valence-electron chi connectivity index (χ3n) is 9.01. The molecule has 0 aromatic rings. The van der Waals surface area contributed by atoms with E-state index in [2.05, 4.69) is 41.5 Å². The molecule has 6 nitrogen and oxygen atoms in total. The number of carbonyl (C=O) groups excluding carboxylic acids is 3. The second kappa shape index (κ2) is 32.0. The Morgan fingerprint density at radius 2 is 0.761 bits per heavy atom. The van der Waals surface area contributed by atoms with Crippen molar-refractivity contribution in [2.45, 2.75) is 208 Å². The van der Waals surface area contributed by atoms with Crippen LogP contribution in [-0.2, 0) is 28.6 Å². The summed E-state index contributed by atoms with van der Waals surface area (Å²) in [5, 5.41) is 0. The van der Waals surface area contributed by atoms with Crippen molar-refractivity contribution in [2.24, 2.45) is 17.8 Å². The first-order valence-corrected chi connectivity index (χ1v) is 19.6. The van der Waals surface area contributed by atoms with Crippen LogP contribution in [0, 0.1) is 17.8 Å². The van der Waals surface area contributed by atoms with Crippen molar-refractivity contribution >= 4 is 17.9 Å². The van der Waals surface area contributed by atoms with Crippen LogP contribution in [0.5, 0.6) is 0 Å². The molecule has 0 saturated heterocycles. The van der Waals surface area contributed by atoms with E-state index in [4.69, 9.17) is 14.2 Å². The summed E-state index contributed by atoms with van der Waals surface area (Å²) in [7, 11) is 0. The average molecular weight is 653 g/mol. The molecule has 0 amide bonds. The molecule has 272 valence electrons. The normalized spacial score (nSPS) is 12.8. The molecule has 0 heterocycles. The zero-order valence-corrected chi connectivity index (χ0v) is 31.4. The molecule has 0 saturated carbocycles. The molecule has 1 unspecified atom stereocenters. The van der Waals surface area contributed by atoms with E-state index in [0.717, 1.165) is 75.5 Å². The highest BCUT2D eigenvalue weighted by Crippen LogP contribution is 2.16. The van der Waals surface area contributed by atoms with Crippen molar-refractivity contribution in [2.75, 3.05) is 13.2 Å². The molecule has 0 N–H and O–H groups in total. The maximum atomic E-state index is 12.6. The van der Waals surface area contributed by atoms with E-state index in [0.29, 0.717) is 19.3 Å². The first kappa shape index (κ1) is 44.4. The summed E-state index contributed by atoms with van der Waals surface area (Å²) in [6, 6.07) is 0. The number of hydrogen-bond acceptors (Lipinski definition) is 6. The van der Waals surface area contributed by atoms with Crippen LogP contribution in [0.4, 0.5) is 0 Å². The lowest BCUT2D eigenvalue weighted by atomic mass is 10.00. The molecule has 0 fully saturated rings. The van der Waals surface area contributed by atoms with Gasteiger partial charge in [-0.15, -0.1) is 0 Å². The smallest absolute Gasteiger partial charge is 0.306 e. The first-order valence-electron chi connectivity index (χ1n) is 19.6. The number of unbranched alkanes of at least 4 members (excludes halogenated alkanes) is 15. The van der Waals surface area contributed by atoms with E-state index >= 15 is 0 Å². The molecular weight excluding hydrogens is 576 g/mol. The number of rotatable bonds is 33. The molecule has 0 bridgehead atoms. The molecule has 6 heteroatoms. The zero-order valence-electron chi connectivity index (χ0n) is 31.4. The van der Waals surface area contributed by atoms with Crippen LogP contribution >= 0.6 is 0 Å². The fraction of sp³-hybridized carbons (Fsp3) is 0.925. The maximum absolute atomic E-state index is 12.6. The summed E-state index contributed by atoms with van der Waals surface area (Å²) in [6.45, 7) is 13.5. The van der Waals surface area contributed by atoms with Gasteiger partial charge in [0.2, 0.25) is 0 Å². The fourth-order valence-electron chi connectivity index (χ4n) is 5.61. The summed E-state index contributed by atoms with van der Waals surface area (Å²) >= 11 is 0. The fourth-order valence-corrected chi connectivity index (χ4v) is 5.61. The van der Waals surface area contributed by atoms with Crippen molar-refractivity contribution in [3.05, 3.63) is 0 Å². The predicted octanol–water partition coefficient (Wildman–Crippen LogP) is 11.7. The van der Waals surface area contributed by atoms with Crippen molar-refractivity contribution < 1.29 is 28.6 Å². The van der Waals surface area contributed by atoms with E-state index < -0.39 is 6.10 Å². The SMILES string of the molecule is CCC(C)CCCCCCCCC(=O)OC[C@@H](COC(=O)CCCCCCCCC(C)C)OC(=O)CCCCCCCCC(C)C. The third kappa shape index (κ3) is 32.4. The van der Waals surface area contributed by atoms with Gasteiger partial charge in [0.15, 0.2) is 6.10 Å². The number of hydrogen-bond donors (Lipinski definition) is 0. The molecule has 2 atom stereocenters. The highest BCUT2D eigenvalue weighted by Gasteiger charge is 2.19. The number of carbonyl (C=O) groups is 3. The molecule has 0 aliphatic carbocycles. The molecule has 46 heavy (non-hydrogen) atoms. The molecule has 0 aliphatic rings. The van der Waals surface area contributed by atoms with Crippen LogP contribution in [0.15, 0.2) is 0 Å². The minimum atomic E-state index is -0.761. The topological polar surface area (TPSA) is 78.9 Å². The molecule has 0 aromatic carbocycles. The summed E-state index contributed by atoms with van der Waals surface area (Å²) in [5.41, 5.74) is 0. The van der Waals surface area contributed by atoms with Crippen LogP contribution in [-0.4, -0.2) is 37.2 Å². The minimum absolute atomic E-state index is 0.0697. The van der Waals surface area contributed by atoms with Gasteiger partial charge >= 0.3 is 17.9 Å². The summed E-state index contributed by atoms with van der Waals surface area (Å²) in [4.78, 5) is 37.4. The Kier molecular flexibility index (Phi) is 30.9. The highest BCUT2D eigenvalue weighted by molar-refractivity contribution is 5.71. The quantitative estimate of drug-likeness (QED) is 0.0399. The van der Waals surface area contributed by atoms with Gasteiger partial charge in [0.1, 0.15) is 13.2 Å². The van der Waals surface area contributed by atoms with Gasteiger partial charge in [-0.05, 0) is 37.0 Å². The van der Waals surface area contributed by atoms with Crippen molar-refractivity contribution in [3.63, 3.8) is 0 Å². The minimum Gasteiger partial charge on any atom is -0.462 e. The summed E-state index contributed by atoms with van der Waals surface area (Å²) in [6.07, 6.45) is 25.5. The lowest BCUT2D eigenvalue weighted by molar-refractivity contribution is -0.167. The largest absolute Gasteiger partial charge is 0.462 e. The van der Waals surface area contributed by atoms with Crippen LogP contribution in [0.25, 0.3) is 0 Å². The number of ether oxygens (including phenoxy) is 3. The summed E-state index contributed by atoms with van der Waals surface area (Å²) < 4.78 is 16.6. The van der Waals surface area contributed by atoms with E-state index in [1.807, 2.05) is 0 Å². The summed E-state index contributed by atoms with van der Waals surface area (Å²) in [5.74, 6) is 1.45. The Morgan fingerprint density at radius 1 is 0.435 bits per heavy atom. The third-order valence-corrected chi connectivity index (χ3v) is 9.01. The van der Waals surface area contributed by atoms with E-state index in [9.17, 15) is 14.4 Å². The molecule has 0 rings (SSSR count). The predicted molar refractivity (Wildman–Crippen MR) is 192 cm³/mol. The number of esters is 3.